The van der Waals surface area contributed by atoms with Gasteiger partial charge in [-0.3, -0.25) is 0 Å². The highest BCUT2D eigenvalue weighted by Crippen LogP contribution is 2.29. The van der Waals surface area contributed by atoms with Crippen molar-refractivity contribution in [3.8, 4) is 6.07 Å². The lowest BCUT2D eigenvalue weighted by Gasteiger charge is -2.24. The number of hydrogen-bond acceptors (Lipinski definition) is 3. The summed E-state index contributed by atoms with van der Waals surface area (Å²) in [6, 6.07) is 10.3. The van der Waals surface area contributed by atoms with E-state index in [0.29, 0.717) is 13.0 Å². The van der Waals surface area contributed by atoms with Gasteiger partial charge in [-0.25, -0.2) is 0 Å². The van der Waals surface area contributed by atoms with Crippen LogP contribution in [0.3, 0.4) is 0 Å². The number of nitrogens with zero attached hydrogens (tertiary/aromatic N) is 1. The lowest BCUT2D eigenvalue weighted by molar-refractivity contribution is -0.151. The Bertz CT molecular complexity index is 438. The number of aryl methyl sites for hydroxylation is 1. The molecule has 0 bridgehead atoms. The Morgan fingerprint density at radius 1 is 1.47 bits per heavy atom. The van der Waals surface area contributed by atoms with E-state index in [9.17, 15) is 0 Å². The highest BCUT2D eigenvalue weighted by atomic mass is 16.7. The van der Waals surface area contributed by atoms with Crippen LogP contribution in [0.5, 0.6) is 0 Å². The third-order valence-corrected chi connectivity index (χ3v) is 3.08. The average Bonchev–Trinajstić information content (AvgIpc) is 2.64. The number of nitriles is 1. The van der Waals surface area contributed by atoms with Crippen LogP contribution in [-0.4, -0.2) is 18.5 Å². The number of ether oxygens (including phenoxy) is 2. The Labute approximate surface area is 102 Å². The van der Waals surface area contributed by atoms with Gasteiger partial charge < -0.3 is 9.47 Å². The normalized spacial score (nSPS) is 27.9. The highest BCUT2D eigenvalue weighted by Gasteiger charge is 2.37. The Balaban J connectivity index is 2.05. The summed E-state index contributed by atoms with van der Waals surface area (Å²) < 4.78 is 11.5. The van der Waals surface area contributed by atoms with Crippen molar-refractivity contribution in [3.05, 3.63) is 35.4 Å². The first-order valence-electron chi connectivity index (χ1n) is 5.86. The zero-order chi connectivity index (χ0) is 12.3. The molecule has 1 aliphatic rings. The lowest BCUT2D eigenvalue weighted by atomic mass is 10.0. The van der Waals surface area contributed by atoms with Crippen molar-refractivity contribution in [3.63, 3.8) is 0 Å². The fourth-order valence-corrected chi connectivity index (χ4v) is 2.14. The molecule has 1 aromatic rings. The summed E-state index contributed by atoms with van der Waals surface area (Å²) in [6.07, 6.45) is 1.03. The van der Waals surface area contributed by atoms with Gasteiger partial charge >= 0.3 is 0 Å². The minimum absolute atomic E-state index is 0.0889. The lowest BCUT2D eigenvalue weighted by Crippen LogP contribution is -2.29. The van der Waals surface area contributed by atoms with Crippen LogP contribution in [0.2, 0.25) is 0 Å². The molecule has 0 spiro atoms. The highest BCUT2D eigenvalue weighted by molar-refractivity contribution is 5.26. The first-order valence-corrected chi connectivity index (χ1v) is 5.86. The molecule has 1 fully saturated rings. The largest absolute Gasteiger partial charge is 0.347 e. The van der Waals surface area contributed by atoms with Crippen LogP contribution in [0, 0.1) is 18.3 Å². The minimum atomic E-state index is -0.590. The van der Waals surface area contributed by atoms with E-state index in [-0.39, 0.29) is 6.10 Å². The molecule has 2 rings (SSSR count). The van der Waals surface area contributed by atoms with Crippen molar-refractivity contribution < 1.29 is 9.47 Å². The van der Waals surface area contributed by atoms with Crippen LogP contribution in [0.4, 0.5) is 0 Å². The van der Waals surface area contributed by atoms with Crippen LogP contribution in [0.1, 0.15) is 24.5 Å². The predicted octanol–water partition coefficient (Wildman–Crippen LogP) is 2.58. The molecule has 0 aliphatic carbocycles. The van der Waals surface area contributed by atoms with E-state index in [1.807, 2.05) is 19.1 Å². The Morgan fingerprint density at radius 3 is 2.94 bits per heavy atom. The van der Waals surface area contributed by atoms with E-state index in [0.717, 1.165) is 6.42 Å². The fourth-order valence-electron chi connectivity index (χ4n) is 2.14. The van der Waals surface area contributed by atoms with E-state index in [1.54, 1.807) is 0 Å². The van der Waals surface area contributed by atoms with Gasteiger partial charge in [-0.2, -0.15) is 5.26 Å². The zero-order valence-electron chi connectivity index (χ0n) is 10.3. The van der Waals surface area contributed by atoms with Crippen molar-refractivity contribution in [2.75, 3.05) is 6.61 Å². The van der Waals surface area contributed by atoms with Gasteiger partial charge in [0.1, 0.15) is 0 Å². The molecular formula is C14H17NO2. The average molecular weight is 231 g/mol. The summed E-state index contributed by atoms with van der Waals surface area (Å²) in [5, 5.41) is 8.65. The van der Waals surface area contributed by atoms with Crippen LogP contribution in [0.25, 0.3) is 0 Å². The minimum Gasteiger partial charge on any atom is -0.347 e. The number of benzene rings is 1. The number of hydrogen-bond donors (Lipinski definition) is 0. The molecule has 1 saturated heterocycles. The van der Waals surface area contributed by atoms with Crippen LogP contribution < -0.4 is 0 Å². The molecule has 1 aromatic carbocycles. The molecule has 3 heteroatoms. The SMILES string of the molecule is Cc1ccccc1CC1(C)OCC(CC#N)O1. The van der Waals surface area contributed by atoms with Crippen LogP contribution >= 0.6 is 0 Å². The van der Waals surface area contributed by atoms with Crippen LogP contribution in [-0.2, 0) is 15.9 Å². The van der Waals surface area contributed by atoms with Gasteiger partial charge in [0.25, 0.3) is 0 Å². The van der Waals surface area contributed by atoms with Gasteiger partial charge in [-0.1, -0.05) is 24.3 Å². The van der Waals surface area contributed by atoms with Crippen molar-refractivity contribution in [1.82, 2.24) is 0 Å². The third-order valence-electron chi connectivity index (χ3n) is 3.08. The summed E-state index contributed by atoms with van der Waals surface area (Å²) in [4.78, 5) is 0. The quantitative estimate of drug-likeness (QED) is 0.803. The summed E-state index contributed by atoms with van der Waals surface area (Å²) in [7, 11) is 0. The zero-order valence-corrected chi connectivity index (χ0v) is 10.3. The topological polar surface area (TPSA) is 42.2 Å². The Kier molecular flexibility index (Phi) is 3.46. The molecule has 17 heavy (non-hydrogen) atoms. The van der Waals surface area contributed by atoms with E-state index >= 15 is 0 Å². The molecule has 1 heterocycles. The maximum Gasteiger partial charge on any atom is 0.170 e. The van der Waals surface area contributed by atoms with Crippen molar-refractivity contribution in [2.24, 2.45) is 0 Å². The van der Waals surface area contributed by atoms with Gasteiger partial charge in [0.05, 0.1) is 25.2 Å². The van der Waals surface area contributed by atoms with E-state index in [4.69, 9.17) is 14.7 Å². The van der Waals surface area contributed by atoms with Crippen molar-refractivity contribution in [2.45, 2.75) is 38.6 Å². The summed E-state index contributed by atoms with van der Waals surface area (Å²) in [5.41, 5.74) is 2.47. The van der Waals surface area contributed by atoms with E-state index < -0.39 is 5.79 Å². The molecule has 0 aromatic heterocycles. The Hall–Kier alpha value is -1.37. The molecule has 0 N–H and O–H groups in total. The second-order valence-electron chi connectivity index (χ2n) is 4.65. The number of rotatable bonds is 3. The van der Waals surface area contributed by atoms with Gasteiger partial charge in [-0.15, -0.1) is 0 Å². The first kappa shape index (κ1) is 12.1. The summed E-state index contributed by atoms with van der Waals surface area (Å²) >= 11 is 0. The predicted molar refractivity (Wildman–Crippen MR) is 64.3 cm³/mol. The van der Waals surface area contributed by atoms with Crippen molar-refractivity contribution >= 4 is 0 Å². The van der Waals surface area contributed by atoms with Gasteiger partial charge in [0, 0.05) is 6.42 Å². The monoisotopic (exact) mass is 231 g/mol. The molecule has 90 valence electrons. The Morgan fingerprint density at radius 2 is 2.24 bits per heavy atom. The fraction of sp³-hybridized carbons (Fsp3) is 0.500. The second kappa shape index (κ2) is 4.87. The van der Waals surface area contributed by atoms with Gasteiger partial charge in [0.15, 0.2) is 5.79 Å². The third kappa shape index (κ3) is 2.85. The molecule has 0 radical (unpaired) electrons. The van der Waals surface area contributed by atoms with Gasteiger partial charge in [0.2, 0.25) is 0 Å². The van der Waals surface area contributed by atoms with E-state index in [2.05, 4.69) is 25.1 Å². The molecule has 3 nitrogen and oxygen atoms in total. The summed E-state index contributed by atoms with van der Waals surface area (Å²) in [5.74, 6) is -0.590. The second-order valence-corrected chi connectivity index (χ2v) is 4.65. The van der Waals surface area contributed by atoms with Crippen LogP contribution in [0.15, 0.2) is 24.3 Å². The first-order chi connectivity index (χ1) is 8.13. The maximum atomic E-state index is 8.65. The molecule has 2 atom stereocenters. The maximum absolute atomic E-state index is 8.65. The molecular weight excluding hydrogens is 214 g/mol. The molecule has 2 unspecified atom stereocenters. The molecule has 0 saturated carbocycles. The molecule has 1 aliphatic heterocycles. The van der Waals surface area contributed by atoms with Gasteiger partial charge in [-0.05, 0) is 25.0 Å². The molecule has 0 amide bonds. The standard InChI is InChI=1S/C14H17NO2/c1-11-5-3-4-6-12(11)9-14(2)16-10-13(17-14)7-8-15/h3-6,13H,7,9-10H2,1-2H3. The summed E-state index contributed by atoms with van der Waals surface area (Å²) in [6.45, 7) is 4.53. The van der Waals surface area contributed by atoms with Crippen molar-refractivity contribution in [1.29, 1.82) is 5.26 Å². The smallest absolute Gasteiger partial charge is 0.170 e. The van der Waals surface area contributed by atoms with E-state index in [1.165, 1.54) is 11.1 Å².